The second-order valence-electron chi connectivity index (χ2n) is 4.50. The summed E-state index contributed by atoms with van der Waals surface area (Å²) in [6.45, 7) is 2.47. The first-order chi connectivity index (χ1) is 9.90. The van der Waals surface area contributed by atoms with E-state index < -0.39 is 17.8 Å². The molecular weight excluding hydrogens is 347 g/mol. The van der Waals surface area contributed by atoms with Crippen molar-refractivity contribution in [3.05, 3.63) is 51.8 Å². The van der Waals surface area contributed by atoms with E-state index in [1.54, 1.807) is 24.0 Å². The number of aromatic nitrogens is 2. The van der Waals surface area contributed by atoms with Gasteiger partial charge in [-0.3, -0.25) is 4.68 Å². The molecule has 114 valence electrons. The topological polar surface area (TPSA) is 29.9 Å². The minimum absolute atomic E-state index is 0.184. The molecule has 1 N–H and O–H groups in total. The molecule has 2 aromatic rings. The molecule has 0 spiro atoms. The number of alkyl halides is 3. The number of hydrogen-bond acceptors (Lipinski definition) is 2. The Bertz CT molecular complexity index is 622. The first kappa shape index (κ1) is 16.0. The maximum absolute atomic E-state index is 13.2. The van der Waals surface area contributed by atoms with Gasteiger partial charge in [0.05, 0.1) is 28.0 Å². The highest BCUT2D eigenvalue weighted by Crippen LogP contribution is 2.37. The summed E-state index contributed by atoms with van der Waals surface area (Å²) < 4.78 is 42.0. The molecule has 1 unspecified atom stereocenters. The average molecular weight is 362 g/mol. The second kappa shape index (κ2) is 6.19. The molecule has 0 fully saturated rings. The summed E-state index contributed by atoms with van der Waals surface area (Å²) in [5.41, 5.74) is 0.222. The molecule has 0 aliphatic heterocycles. The van der Waals surface area contributed by atoms with Crippen molar-refractivity contribution in [2.24, 2.45) is 0 Å². The van der Waals surface area contributed by atoms with E-state index in [0.717, 1.165) is 6.07 Å². The van der Waals surface area contributed by atoms with Gasteiger partial charge in [0.2, 0.25) is 0 Å². The van der Waals surface area contributed by atoms with Gasteiger partial charge in [-0.15, -0.1) is 0 Å². The van der Waals surface area contributed by atoms with Crippen molar-refractivity contribution in [2.75, 3.05) is 7.05 Å². The van der Waals surface area contributed by atoms with Crippen molar-refractivity contribution in [1.82, 2.24) is 15.1 Å². The molecule has 0 radical (unpaired) electrons. The summed E-state index contributed by atoms with van der Waals surface area (Å²) >= 11 is 3.37. The van der Waals surface area contributed by atoms with Gasteiger partial charge in [0, 0.05) is 6.54 Å². The third kappa shape index (κ3) is 3.13. The van der Waals surface area contributed by atoms with E-state index in [0.29, 0.717) is 16.7 Å². The highest BCUT2D eigenvalue weighted by molar-refractivity contribution is 9.10. The Labute approximate surface area is 129 Å². The quantitative estimate of drug-likeness (QED) is 0.891. The summed E-state index contributed by atoms with van der Waals surface area (Å²) in [6.07, 6.45) is -2.80. The molecule has 3 nitrogen and oxygen atoms in total. The van der Waals surface area contributed by atoms with Gasteiger partial charge < -0.3 is 5.32 Å². The minimum atomic E-state index is -4.39. The molecule has 2 rings (SSSR count). The third-order valence-electron chi connectivity index (χ3n) is 3.27. The van der Waals surface area contributed by atoms with Crippen LogP contribution in [0.4, 0.5) is 13.2 Å². The number of benzene rings is 1. The lowest BCUT2D eigenvalue weighted by molar-refractivity contribution is -0.138. The SMILES string of the molecule is CCn1ncc(Br)c1C(NC)c1ccccc1C(F)(F)F. The van der Waals surface area contributed by atoms with Crippen LogP contribution in [0.2, 0.25) is 0 Å². The Hall–Kier alpha value is -1.34. The molecule has 21 heavy (non-hydrogen) atoms. The zero-order chi connectivity index (χ0) is 15.6. The van der Waals surface area contributed by atoms with Gasteiger partial charge in [0.25, 0.3) is 0 Å². The van der Waals surface area contributed by atoms with E-state index in [4.69, 9.17) is 0 Å². The summed E-state index contributed by atoms with van der Waals surface area (Å²) in [5.74, 6) is 0. The predicted octanol–water partition coefficient (Wildman–Crippen LogP) is 3.99. The molecule has 0 saturated heterocycles. The molecule has 0 amide bonds. The molecular formula is C14H15BrF3N3. The number of halogens is 4. The predicted molar refractivity (Wildman–Crippen MR) is 77.9 cm³/mol. The van der Waals surface area contributed by atoms with Crippen LogP contribution in [0.3, 0.4) is 0 Å². The Kier molecular flexibility index (Phi) is 4.73. The lowest BCUT2D eigenvalue weighted by atomic mass is 9.97. The van der Waals surface area contributed by atoms with Crippen LogP contribution >= 0.6 is 15.9 Å². The molecule has 1 aromatic heterocycles. The minimum Gasteiger partial charge on any atom is -0.308 e. The molecule has 0 bridgehead atoms. The van der Waals surface area contributed by atoms with Crippen LogP contribution < -0.4 is 5.32 Å². The summed E-state index contributed by atoms with van der Waals surface area (Å²) in [4.78, 5) is 0. The molecule has 0 aliphatic carbocycles. The highest BCUT2D eigenvalue weighted by Gasteiger charge is 2.36. The molecule has 0 aliphatic rings. The zero-order valence-corrected chi connectivity index (χ0v) is 13.2. The van der Waals surface area contributed by atoms with E-state index in [-0.39, 0.29) is 5.56 Å². The number of rotatable bonds is 4. The van der Waals surface area contributed by atoms with Crippen LogP contribution in [0, 0.1) is 0 Å². The van der Waals surface area contributed by atoms with Gasteiger partial charge in [-0.05, 0) is 41.5 Å². The Balaban J connectivity index is 2.60. The normalized spacial score (nSPS) is 13.4. The third-order valence-corrected chi connectivity index (χ3v) is 3.88. The number of hydrogen-bond donors (Lipinski definition) is 1. The summed E-state index contributed by atoms with van der Waals surface area (Å²) in [5, 5.41) is 7.13. The van der Waals surface area contributed by atoms with Crippen molar-refractivity contribution >= 4 is 15.9 Å². The molecule has 1 atom stereocenters. The first-order valence-corrected chi connectivity index (χ1v) is 7.24. The fraction of sp³-hybridized carbons (Fsp3) is 0.357. The first-order valence-electron chi connectivity index (χ1n) is 6.44. The van der Waals surface area contributed by atoms with Crippen molar-refractivity contribution in [1.29, 1.82) is 0 Å². The van der Waals surface area contributed by atoms with E-state index in [2.05, 4.69) is 26.3 Å². The Morgan fingerprint density at radius 2 is 2.00 bits per heavy atom. The van der Waals surface area contributed by atoms with Crippen LogP contribution in [0.15, 0.2) is 34.9 Å². The number of aryl methyl sites for hydroxylation is 1. The molecule has 7 heteroatoms. The van der Waals surface area contributed by atoms with Gasteiger partial charge in [-0.1, -0.05) is 18.2 Å². The van der Waals surface area contributed by atoms with Crippen molar-refractivity contribution in [3.8, 4) is 0 Å². The van der Waals surface area contributed by atoms with Gasteiger partial charge in [0.1, 0.15) is 0 Å². The molecule has 0 saturated carbocycles. The smallest absolute Gasteiger partial charge is 0.308 e. The standard InChI is InChI=1S/C14H15BrF3N3/c1-3-21-13(11(15)8-20-21)12(19-2)9-6-4-5-7-10(9)14(16,17)18/h4-8,12,19H,3H2,1-2H3. The number of nitrogens with zero attached hydrogens (tertiary/aromatic N) is 2. The monoisotopic (exact) mass is 361 g/mol. The Morgan fingerprint density at radius 3 is 2.57 bits per heavy atom. The fourth-order valence-corrected chi connectivity index (χ4v) is 2.88. The van der Waals surface area contributed by atoms with Crippen molar-refractivity contribution < 1.29 is 13.2 Å². The maximum Gasteiger partial charge on any atom is 0.416 e. The highest BCUT2D eigenvalue weighted by atomic mass is 79.9. The fourth-order valence-electron chi connectivity index (χ4n) is 2.36. The second-order valence-corrected chi connectivity index (χ2v) is 5.35. The largest absolute Gasteiger partial charge is 0.416 e. The van der Waals surface area contributed by atoms with Gasteiger partial charge in [-0.25, -0.2) is 0 Å². The van der Waals surface area contributed by atoms with E-state index >= 15 is 0 Å². The molecule has 1 heterocycles. The lowest BCUT2D eigenvalue weighted by Crippen LogP contribution is -2.25. The Morgan fingerprint density at radius 1 is 1.33 bits per heavy atom. The number of nitrogens with one attached hydrogen (secondary N) is 1. The van der Waals surface area contributed by atoms with Crippen LogP contribution in [-0.4, -0.2) is 16.8 Å². The lowest BCUT2D eigenvalue weighted by Gasteiger charge is -2.22. The maximum atomic E-state index is 13.2. The van der Waals surface area contributed by atoms with Crippen LogP contribution in [0.1, 0.15) is 29.8 Å². The molecule has 1 aromatic carbocycles. The van der Waals surface area contributed by atoms with Crippen LogP contribution in [0.25, 0.3) is 0 Å². The van der Waals surface area contributed by atoms with Gasteiger partial charge in [0.15, 0.2) is 0 Å². The summed E-state index contributed by atoms with van der Waals surface area (Å²) in [6, 6.07) is 4.99. The van der Waals surface area contributed by atoms with E-state index in [9.17, 15) is 13.2 Å². The van der Waals surface area contributed by atoms with Gasteiger partial charge in [-0.2, -0.15) is 18.3 Å². The van der Waals surface area contributed by atoms with E-state index in [1.807, 2.05) is 6.92 Å². The van der Waals surface area contributed by atoms with Crippen LogP contribution in [-0.2, 0) is 12.7 Å². The van der Waals surface area contributed by atoms with Crippen molar-refractivity contribution in [2.45, 2.75) is 25.7 Å². The van der Waals surface area contributed by atoms with Crippen LogP contribution in [0.5, 0.6) is 0 Å². The van der Waals surface area contributed by atoms with Crippen molar-refractivity contribution in [3.63, 3.8) is 0 Å². The zero-order valence-electron chi connectivity index (χ0n) is 11.6. The summed E-state index contributed by atoms with van der Waals surface area (Å²) in [7, 11) is 1.64. The van der Waals surface area contributed by atoms with E-state index in [1.165, 1.54) is 12.1 Å². The average Bonchev–Trinajstić information content (AvgIpc) is 2.81. The van der Waals surface area contributed by atoms with Gasteiger partial charge >= 0.3 is 6.18 Å².